The van der Waals surface area contributed by atoms with Crippen LogP contribution in [0.1, 0.15) is 43.7 Å². The first-order valence-corrected chi connectivity index (χ1v) is 11.1. The van der Waals surface area contributed by atoms with Crippen molar-refractivity contribution < 1.29 is 24.3 Å². The predicted molar refractivity (Wildman–Crippen MR) is 117 cm³/mol. The second-order valence-electron chi connectivity index (χ2n) is 9.16. The first-order chi connectivity index (χ1) is 15.3. The topological polar surface area (TPSA) is 91.8 Å². The van der Waals surface area contributed by atoms with Gasteiger partial charge in [0.2, 0.25) is 11.8 Å². The number of carbonyl (C=O) groups is 4. The average molecular weight is 431 g/mol. The van der Waals surface area contributed by atoms with Crippen LogP contribution in [0.3, 0.4) is 0 Å². The molecule has 32 heavy (non-hydrogen) atoms. The molecule has 0 saturated carbocycles. The zero-order valence-electron chi connectivity index (χ0n) is 18.3. The Kier molecular flexibility index (Phi) is 4.59. The summed E-state index contributed by atoms with van der Waals surface area (Å²) in [4.78, 5) is 53.7. The molecule has 1 N–H and O–H groups in total. The van der Waals surface area contributed by atoms with Gasteiger partial charge in [0.1, 0.15) is 5.75 Å². The molecule has 0 aromatic heterocycles. The number of nitrogens with zero attached hydrogens (tertiary/aromatic N) is 1. The predicted octanol–water partition coefficient (Wildman–Crippen LogP) is 3.15. The van der Waals surface area contributed by atoms with E-state index in [0.29, 0.717) is 40.8 Å². The fourth-order valence-electron chi connectivity index (χ4n) is 6.01. The molecule has 0 spiro atoms. The molecule has 4 atom stereocenters. The number of carbonyl (C=O) groups excluding carboxylic acids is 4. The molecule has 5 rings (SSSR count). The number of rotatable bonds is 2. The molecule has 1 aliphatic heterocycles. The lowest BCUT2D eigenvalue weighted by atomic mass is 9.59. The minimum absolute atomic E-state index is 0.0875. The fourth-order valence-corrected chi connectivity index (χ4v) is 6.01. The van der Waals surface area contributed by atoms with Crippen LogP contribution in [0.25, 0.3) is 0 Å². The maximum absolute atomic E-state index is 13.3. The number of hydrogen-bond acceptors (Lipinski definition) is 5. The number of likely N-dealkylation sites (tertiary alicyclic amines) is 1. The van der Waals surface area contributed by atoms with Crippen LogP contribution in [0.5, 0.6) is 5.75 Å². The Labute approximate surface area is 186 Å². The van der Waals surface area contributed by atoms with E-state index in [-0.39, 0.29) is 41.5 Å². The standard InChI is InChI=1S/C26H25NO5/c1-4-27-25(31)16-9-8-14-17(21(16)26(27)32)11-18-19(28)10-13(3)24(30)22(18)20(14)15-7-5-6-12(2)23(15)29/h5-8,10,16-17,20-21,29H,4,9,11H2,1-3H3. The van der Waals surface area contributed by atoms with Crippen molar-refractivity contribution >= 4 is 23.4 Å². The number of imide groups is 1. The van der Waals surface area contributed by atoms with Crippen LogP contribution < -0.4 is 0 Å². The number of hydrogen-bond donors (Lipinski definition) is 1. The SMILES string of the molecule is CCN1C(=O)C2CC=C3C(c4cccc(C)c4O)C4=C(CC3C2C1=O)C(=O)C=C(C)C4=O. The van der Waals surface area contributed by atoms with E-state index >= 15 is 0 Å². The Balaban J connectivity index is 1.73. The number of amides is 2. The van der Waals surface area contributed by atoms with Gasteiger partial charge in [-0.2, -0.15) is 0 Å². The molecular weight excluding hydrogens is 406 g/mol. The number of phenolic OH excluding ortho intramolecular Hbond substituents is 1. The van der Waals surface area contributed by atoms with Crippen molar-refractivity contribution in [3.63, 3.8) is 0 Å². The van der Waals surface area contributed by atoms with Crippen molar-refractivity contribution in [3.8, 4) is 5.75 Å². The lowest BCUT2D eigenvalue weighted by Gasteiger charge is -2.42. The molecule has 0 bridgehead atoms. The van der Waals surface area contributed by atoms with E-state index in [1.165, 1.54) is 11.0 Å². The Morgan fingerprint density at radius 2 is 1.81 bits per heavy atom. The van der Waals surface area contributed by atoms with Gasteiger partial charge in [0.05, 0.1) is 11.8 Å². The van der Waals surface area contributed by atoms with Crippen molar-refractivity contribution in [2.24, 2.45) is 17.8 Å². The Hall–Kier alpha value is -3.28. The minimum Gasteiger partial charge on any atom is -0.507 e. The number of benzene rings is 1. The van der Waals surface area contributed by atoms with Crippen molar-refractivity contribution in [2.75, 3.05) is 6.54 Å². The summed E-state index contributed by atoms with van der Waals surface area (Å²) in [5.41, 5.74) is 3.29. The fraction of sp³-hybridized carbons (Fsp3) is 0.385. The van der Waals surface area contributed by atoms with Gasteiger partial charge < -0.3 is 5.11 Å². The monoisotopic (exact) mass is 431 g/mol. The molecule has 0 radical (unpaired) electrons. The van der Waals surface area contributed by atoms with Crippen LogP contribution in [-0.4, -0.2) is 39.9 Å². The number of aromatic hydroxyl groups is 1. The number of fused-ring (bicyclic) bond motifs is 3. The molecule has 4 aliphatic rings. The molecule has 1 fully saturated rings. The summed E-state index contributed by atoms with van der Waals surface area (Å²) in [5.74, 6) is -2.63. The maximum atomic E-state index is 13.3. The smallest absolute Gasteiger partial charge is 0.233 e. The van der Waals surface area contributed by atoms with Gasteiger partial charge in [0.15, 0.2) is 11.6 Å². The molecule has 1 saturated heterocycles. The van der Waals surface area contributed by atoms with Gasteiger partial charge in [-0.25, -0.2) is 0 Å². The van der Waals surface area contributed by atoms with E-state index in [9.17, 15) is 24.3 Å². The number of Topliss-reactive ketones (excluding diaryl/α,β-unsaturated/α-hetero) is 1. The van der Waals surface area contributed by atoms with Gasteiger partial charge in [0, 0.05) is 34.7 Å². The van der Waals surface area contributed by atoms with E-state index in [4.69, 9.17) is 0 Å². The third kappa shape index (κ3) is 2.65. The zero-order valence-corrected chi connectivity index (χ0v) is 18.3. The average Bonchev–Trinajstić information content (AvgIpc) is 3.02. The summed E-state index contributed by atoms with van der Waals surface area (Å²) in [6.07, 6.45) is 4.01. The summed E-state index contributed by atoms with van der Waals surface area (Å²) < 4.78 is 0. The van der Waals surface area contributed by atoms with E-state index in [1.807, 2.05) is 12.1 Å². The number of aryl methyl sites for hydroxylation is 1. The third-order valence-corrected chi connectivity index (χ3v) is 7.55. The third-order valence-electron chi connectivity index (χ3n) is 7.55. The molecule has 6 nitrogen and oxygen atoms in total. The summed E-state index contributed by atoms with van der Waals surface area (Å²) in [6.45, 7) is 5.53. The second-order valence-corrected chi connectivity index (χ2v) is 9.16. The zero-order chi connectivity index (χ0) is 22.9. The quantitative estimate of drug-likeness (QED) is 0.441. The molecule has 6 heteroatoms. The molecule has 1 aromatic carbocycles. The molecule has 2 amide bonds. The van der Waals surface area contributed by atoms with Gasteiger partial charge in [-0.05, 0) is 51.2 Å². The normalized spacial score (nSPS) is 29.5. The molecule has 1 aromatic rings. The number of ketones is 2. The lowest BCUT2D eigenvalue weighted by Crippen LogP contribution is -2.39. The summed E-state index contributed by atoms with van der Waals surface area (Å²) in [6, 6.07) is 5.39. The van der Waals surface area contributed by atoms with Gasteiger partial charge >= 0.3 is 0 Å². The van der Waals surface area contributed by atoms with Crippen LogP contribution in [0, 0.1) is 24.7 Å². The van der Waals surface area contributed by atoms with Gasteiger partial charge in [0.25, 0.3) is 0 Å². The van der Waals surface area contributed by atoms with Gasteiger partial charge in [-0.3, -0.25) is 24.1 Å². The van der Waals surface area contributed by atoms with Crippen molar-refractivity contribution in [2.45, 2.75) is 39.5 Å². The molecular formula is C26H25NO5. The Bertz CT molecular complexity index is 1200. The highest BCUT2D eigenvalue weighted by molar-refractivity contribution is 6.24. The summed E-state index contributed by atoms with van der Waals surface area (Å²) in [5, 5.41) is 10.9. The number of phenols is 1. The first-order valence-electron chi connectivity index (χ1n) is 11.1. The van der Waals surface area contributed by atoms with Crippen molar-refractivity contribution in [3.05, 3.63) is 63.8 Å². The van der Waals surface area contributed by atoms with Crippen LogP contribution in [0.15, 0.2) is 52.6 Å². The Morgan fingerprint density at radius 3 is 2.53 bits per heavy atom. The van der Waals surface area contributed by atoms with Crippen LogP contribution in [0.2, 0.25) is 0 Å². The van der Waals surface area contributed by atoms with Crippen LogP contribution in [0.4, 0.5) is 0 Å². The minimum atomic E-state index is -0.608. The highest BCUT2D eigenvalue weighted by atomic mass is 16.3. The maximum Gasteiger partial charge on any atom is 0.233 e. The second kappa shape index (κ2) is 7.12. The number of allylic oxidation sites excluding steroid dienone is 6. The molecule has 1 heterocycles. The molecule has 3 aliphatic carbocycles. The highest BCUT2D eigenvalue weighted by Gasteiger charge is 2.56. The lowest BCUT2D eigenvalue weighted by molar-refractivity contribution is -0.139. The first kappa shape index (κ1) is 20.6. The molecule has 4 unspecified atom stereocenters. The van der Waals surface area contributed by atoms with E-state index in [1.54, 1.807) is 32.9 Å². The highest BCUT2D eigenvalue weighted by Crippen LogP contribution is 2.56. The van der Waals surface area contributed by atoms with Crippen LogP contribution >= 0.6 is 0 Å². The van der Waals surface area contributed by atoms with Gasteiger partial charge in [-0.1, -0.05) is 29.8 Å². The van der Waals surface area contributed by atoms with Crippen molar-refractivity contribution in [1.82, 2.24) is 4.90 Å². The van der Waals surface area contributed by atoms with Crippen molar-refractivity contribution in [1.29, 1.82) is 0 Å². The van der Waals surface area contributed by atoms with E-state index in [2.05, 4.69) is 0 Å². The molecule has 164 valence electrons. The summed E-state index contributed by atoms with van der Waals surface area (Å²) in [7, 11) is 0. The summed E-state index contributed by atoms with van der Waals surface area (Å²) >= 11 is 0. The van der Waals surface area contributed by atoms with E-state index in [0.717, 1.165) is 5.57 Å². The van der Waals surface area contributed by atoms with Crippen LogP contribution in [-0.2, 0) is 19.2 Å². The van der Waals surface area contributed by atoms with E-state index < -0.39 is 17.8 Å². The number of para-hydroxylation sites is 1. The van der Waals surface area contributed by atoms with Gasteiger partial charge in [-0.15, -0.1) is 0 Å². The largest absolute Gasteiger partial charge is 0.507 e. The Morgan fingerprint density at radius 1 is 1.06 bits per heavy atom.